The average molecular weight is 262 g/mol. The lowest BCUT2D eigenvalue weighted by atomic mass is 9.97. The molecule has 2 aliphatic heterocycles. The predicted molar refractivity (Wildman–Crippen MR) is 69.7 cm³/mol. The van der Waals surface area contributed by atoms with E-state index in [4.69, 9.17) is 9.57 Å². The van der Waals surface area contributed by atoms with Crippen LogP contribution in [0.1, 0.15) is 30.1 Å². The highest BCUT2D eigenvalue weighted by atomic mass is 16.7. The van der Waals surface area contributed by atoms with Gasteiger partial charge in [0.25, 0.3) is 5.91 Å². The summed E-state index contributed by atoms with van der Waals surface area (Å²) in [5, 5.41) is 4.72. The minimum absolute atomic E-state index is 0.106. The normalized spacial score (nSPS) is 21.1. The Bertz CT molecular complexity index is 483. The summed E-state index contributed by atoms with van der Waals surface area (Å²) in [6, 6.07) is 7.35. The third kappa shape index (κ3) is 1.99. The van der Waals surface area contributed by atoms with Crippen LogP contribution in [0.4, 0.5) is 0 Å². The van der Waals surface area contributed by atoms with Crippen molar-refractivity contribution in [2.24, 2.45) is 0 Å². The number of hydroxylamine groups is 2. The zero-order chi connectivity index (χ0) is 13.3. The maximum atomic E-state index is 12.6. The molecular weight excluding hydrogens is 244 g/mol. The van der Waals surface area contributed by atoms with Gasteiger partial charge >= 0.3 is 0 Å². The number of rotatable bonds is 2. The molecule has 5 nitrogen and oxygen atoms in total. The second-order valence-corrected chi connectivity index (χ2v) is 4.81. The van der Waals surface area contributed by atoms with Crippen LogP contribution in [0.2, 0.25) is 0 Å². The molecule has 0 bridgehead atoms. The fraction of sp³-hybridized carbons (Fsp3) is 0.500. The van der Waals surface area contributed by atoms with Gasteiger partial charge in [-0.05, 0) is 19.1 Å². The molecule has 1 spiro atoms. The van der Waals surface area contributed by atoms with E-state index in [2.05, 4.69) is 5.32 Å². The molecule has 0 saturated carbocycles. The molecule has 102 valence electrons. The van der Waals surface area contributed by atoms with Crippen molar-refractivity contribution in [3.8, 4) is 5.75 Å². The number of amides is 1. The van der Waals surface area contributed by atoms with Gasteiger partial charge in [-0.15, -0.1) is 0 Å². The molecule has 1 amide bonds. The number of carbonyl (C=O) groups excluding carboxylic acids is 1. The first-order chi connectivity index (χ1) is 9.27. The van der Waals surface area contributed by atoms with E-state index >= 15 is 0 Å². The molecule has 1 saturated heterocycles. The largest absolute Gasteiger partial charge is 0.465 e. The van der Waals surface area contributed by atoms with Gasteiger partial charge in [0.2, 0.25) is 5.72 Å². The fourth-order valence-corrected chi connectivity index (χ4v) is 2.70. The summed E-state index contributed by atoms with van der Waals surface area (Å²) in [6.45, 7) is 3.97. The van der Waals surface area contributed by atoms with Crippen molar-refractivity contribution in [1.29, 1.82) is 0 Å². The molecule has 19 heavy (non-hydrogen) atoms. The third-order valence-corrected chi connectivity index (χ3v) is 3.62. The molecule has 0 atom stereocenters. The molecular formula is C14H18N2O3. The molecule has 0 aliphatic carbocycles. The van der Waals surface area contributed by atoms with Gasteiger partial charge in [-0.25, -0.2) is 0 Å². The number of ether oxygens (including phenoxy) is 1. The Morgan fingerprint density at radius 2 is 2.11 bits per heavy atom. The van der Waals surface area contributed by atoms with E-state index in [1.807, 2.05) is 25.1 Å². The minimum atomic E-state index is -0.660. The SMILES string of the molecule is CCON1C(=O)c2ccccc2OC12CCNCC2. The Morgan fingerprint density at radius 1 is 1.37 bits per heavy atom. The molecule has 0 radical (unpaired) electrons. The summed E-state index contributed by atoms with van der Waals surface area (Å²) in [6.07, 6.45) is 1.46. The first kappa shape index (κ1) is 12.4. The van der Waals surface area contributed by atoms with Crippen LogP contribution in [-0.4, -0.2) is 36.4 Å². The average Bonchev–Trinajstić information content (AvgIpc) is 2.45. The van der Waals surface area contributed by atoms with Crippen molar-refractivity contribution < 1.29 is 14.4 Å². The second kappa shape index (κ2) is 4.83. The van der Waals surface area contributed by atoms with E-state index < -0.39 is 5.72 Å². The first-order valence-electron chi connectivity index (χ1n) is 6.73. The molecule has 0 aromatic heterocycles. The summed E-state index contributed by atoms with van der Waals surface area (Å²) < 4.78 is 6.14. The van der Waals surface area contributed by atoms with Crippen LogP contribution >= 0.6 is 0 Å². The van der Waals surface area contributed by atoms with E-state index in [0.29, 0.717) is 17.9 Å². The number of fused-ring (bicyclic) bond motifs is 1. The Hall–Kier alpha value is -1.59. The van der Waals surface area contributed by atoms with E-state index in [0.717, 1.165) is 25.9 Å². The van der Waals surface area contributed by atoms with Crippen LogP contribution in [0.5, 0.6) is 5.75 Å². The smallest absolute Gasteiger partial charge is 0.284 e. The Morgan fingerprint density at radius 3 is 2.84 bits per heavy atom. The molecule has 5 heteroatoms. The zero-order valence-corrected chi connectivity index (χ0v) is 11.0. The van der Waals surface area contributed by atoms with Crippen LogP contribution in [-0.2, 0) is 4.84 Å². The monoisotopic (exact) mass is 262 g/mol. The van der Waals surface area contributed by atoms with Gasteiger partial charge in [-0.3, -0.25) is 9.63 Å². The van der Waals surface area contributed by atoms with Gasteiger partial charge in [0, 0.05) is 25.9 Å². The van der Waals surface area contributed by atoms with Gasteiger partial charge in [-0.1, -0.05) is 12.1 Å². The molecule has 1 aromatic rings. The van der Waals surface area contributed by atoms with Gasteiger partial charge in [-0.2, -0.15) is 5.06 Å². The summed E-state index contributed by atoms with van der Waals surface area (Å²) in [7, 11) is 0. The van der Waals surface area contributed by atoms with E-state index in [-0.39, 0.29) is 5.91 Å². The Kier molecular flexibility index (Phi) is 3.16. The zero-order valence-electron chi connectivity index (χ0n) is 11.0. The molecule has 1 N–H and O–H groups in total. The number of nitrogens with one attached hydrogen (secondary N) is 1. The lowest BCUT2D eigenvalue weighted by Crippen LogP contribution is -2.62. The number of nitrogens with zero attached hydrogens (tertiary/aromatic N) is 1. The number of piperidine rings is 1. The lowest BCUT2D eigenvalue weighted by molar-refractivity contribution is -0.258. The van der Waals surface area contributed by atoms with Crippen LogP contribution < -0.4 is 10.1 Å². The van der Waals surface area contributed by atoms with Crippen LogP contribution in [0.15, 0.2) is 24.3 Å². The summed E-state index contributed by atoms with van der Waals surface area (Å²) in [5.41, 5.74) is -0.0905. The van der Waals surface area contributed by atoms with Crippen LogP contribution in [0, 0.1) is 0 Å². The molecule has 1 fully saturated rings. The topological polar surface area (TPSA) is 50.8 Å². The van der Waals surface area contributed by atoms with Gasteiger partial charge < -0.3 is 10.1 Å². The predicted octanol–water partition coefficient (Wildman–Crippen LogP) is 1.55. The standard InChI is InChI=1S/C14H18N2O3/c1-2-18-16-13(17)11-5-3-4-6-12(11)19-14(16)7-9-15-10-8-14/h3-6,15H,2,7-10H2,1H3. The molecule has 2 aliphatic rings. The lowest BCUT2D eigenvalue weighted by Gasteiger charge is -2.47. The molecule has 2 heterocycles. The first-order valence-corrected chi connectivity index (χ1v) is 6.73. The van der Waals surface area contributed by atoms with E-state index in [1.165, 1.54) is 5.06 Å². The highest BCUT2D eigenvalue weighted by Crippen LogP contribution is 2.38. The van der Waals surface area contributed by atoms with Gasteiger partial charge in [0.15, 0.2) is 0 Å². The van der Waals surface area contributed by atoms with Crippen molar-refractivity contribution in [1.82, 2.24) is 10.4 Å². The summed E-state index contributed by atoms with van der Waals surface area (Å²) in [5.74, 6) is 0.552. The van der Waals surface area contributed by atoms with E-state index in [1.54, 1.807) is 6.07 Å². The Labute approximate surface area is 112 Å². The summed E-state index contributed by atoms with van der Waals surface area (Å²) >= 11 is 0. The van der Waals surface area contributed by atoms with Crippen molar-refractivity contribution in [2.45, 2.75) is 25.5 Å². The van der Waals surface area contributed by atoms with Crippen molar-refractivity contribution in [3.63, 3.8) is 0 Å². The maximum absolute atomic E-state index is 12.6. The molecule has 1 aromatic carbocycles. The molecule has 3 rings (SSSR count). The van der Waals surface area contributed by atoms with Crippen molar-refractivity contribution in [3.05, 3.63) is 29.8 Å². The number of benzene rings is 1. The number of hydrogen-bond acceptors (Lipinski definition) is 4. The van der Waals surface area contributed by atoms with Gasteiger partial charge in [0.05, 0.1) is 12.2 Å². The van der Waals surface area contributed by atoms with Crippen molar-refractivity contribution in [2.75, 3.05) is 19.7 Å². The number of carbonyl (C=O) groups is 1. The second-order valence-electron chi connectivity index (χ2n) is 4.81. The number of hydrogen-bond donors (Lipinski definition) is 1. The highest BCUT2D eigenvalue weighted by Gasteiger charge is 2.48. The highest BCUT2D eigenvalue weighted by molar-refractivity contribution is 5.97. The van der Waals surface area contributed by atoms with Gasteiger partial charge in [0.1, 0.15) is 5.75 Å². The van der Waals surface area contributed by atoms with Crippen LogP contribution in [0.3, 0.4) is 0 Å². The van der Waals surface area contributed by atoms with Crippen molar-refractivity contribution >= 4 is 5.91 Å². The maximum Gasteiger partial charge on any atom is 0.284 e. The number of para-hydroxylation sites is 1. The minimum Gasteiger partial charge on any atom is -0.465 e. The molecule has 0 unspecified atom stereocenters. The van der Waals surface area contributed by atoms with E-state index in [9.17, 15) is 4.79 Å². The Balaban J connectivity index is 2.02. The summed E-state index contributed by atoms with van der Waals surface area (Å²) in [4.78, 5) is 18.2. The fourth-order valence-electron chi connectivity index (χ4n) is 2.70. The quantitative estimate of drug-likeness (QED) is 0.878. The third-order valence-electron chi connectivity index (χ3n) is 3.62. The van der Waals surface area contributed by atoms with Crippen LogP contribution in [0.25, 0.3) is 0 Å².